The van der Waals surface area contributed by atoms with Crippen LogP contribution in [0.15, 0.2) is 29.4 Å². The maximum Gasteiger partial charge on any atom is 0.313 e. The number of aliphatic carboxylic acids is 1. The van der Waals surface area contributed by atoms with Crippen molar-refractivity contribution in [3.05, 3.63) is 29.8 Å². The largest absolute Gasteiger partial charge is 0.481 e. The lowest BCUT2D eigenvalue weighted by atomic mass is 9.85. The molecule has 96 valence electrons. The summed E-state index contributed by atoms with van der Waals surface area (Å²) in [6.45, 7) is 3.22. The van der Waals surface area contributed by atoms with Gasteiger partial charge in [-0.3, -0.25) is 10.2 Å². The fourth-order valence-electron chi connectivity index (χ4n) is 1.28. The third kappa shape index (κ3) is 3.30. The first-order chi connectivity index (χ1) is 8.91. The van der Waals surface area contributed by atoms with Crippen LogP contribution in [0, 0.1) is 22.7 Å². The first-order valence-corrected chi connectivity index (χ1v) is 5.39. The normalized spacial score (nSPS) is 9.89. The summed E-state index contributed by atoms with van der Waals surface area (Å²) in [7, 11) is 0. The zero-order valence-electron chi connectivity index (χ0n) is 10.5. The van der Waals surface area contributed by atoms with Crippen LogP contribution in [-0.4, -0.2) is 16.8 Å². The number of carbonyl (C=O) groups is 1. The second kappa shape index (κ2) is 5.65. The number of nitrogens with zero attached hydrogens (tertiary/aromatic N) is 3. The number of carboxylic acid groups (broad SMARTS) is 1. The monoisotopic (exact) mass is 256 g/mol. The van der Waals surface area contributed by atoms with Gasteiger partial charge >= 0.3 is 5.97 Å². The smallest absolute Gasteiger partial charge is 0.313 e. The number of benzene rings is 1. The lowest BCUT2D eigenvalue weighted by molar-refractivity contribution is -0.142. The minimum Gasteiger partial charge on any atom is -0.481 e. The zero-order valence-corrected chi connectivity index (χ0v) is 10.5. The summed E-state index contributed by atoms with van der Waals surface area (Å²) in [5, 5.41) is 29.7. The van der Waals surface area contributed by atoms with E-state index in [-0.39, 0.29) is 5.71 Å². The average Bonchev–Trinajstić information content (AvgIpc) is 2.40. The van der Waals surface area contributed by atoms with Crippen molar-refractivity contribution in [1.29, 1.82) is 10.5 Å². The van der Waals surface area contributed by atoms with Crippen molar-refractivity contribution < 1.29 is 9.90 Å². The fourth-order valence-corrected chi connectivity index (χ4v) is 1.28. The van der Waals surface area contributed by atoms with E-state index in [0.717, 1.165) is 0 Å². The Hall–Kier alpha value is -2.86. The molecule has 0 aliphatic carbocycles. The van der Waals surface area contributed by atoms with Crippen LogP contribution >= 0.6 is 0 Å². The Balaban J connectivity index is 2.90. The standard InChI is InChI=1S/C13H12N4O2/c1-13(2,12(18)19)9-3-5-10(6-4-9)16-17-11(7-14)8-15/h3-6,16H,1-2H3,(H,18,19). The lowest BCUT2D eigenvalue weighted by Crippen LogP contribution is -2.28. The van der Waals surface area contributed by atoms with Gasteiger partial charge in [-0.1, -0.05) is 12.1 Å². The Morgan fingerprint density at radius 2 is 1.79 bits per heavy atom. The van der Waals surface area contributed by atoms with Crippen molar-refractivity contribution >= 4 is 17.4 Å². The topological polar surface area (TPSA) is 109 Å². The van der Waals surface area contributed by atoms with E-state index in [9.17, 15) is 4.79 Å². The molecule has 19 heavy (non-hydrogen) atoms. The molecule has 0 heterocycles. The Morgan fingerprint density at radius 3 is 2.21 bits per heavy atom. The highest BCUT2D eigenvalue weighted by molar-refractivity contribution is 6.10. The molecule has 0 aromatic heterocycles. The number of nitriles is 2. The molecule has 0 saturated carbocycles. The predicted octanol–water partition coefficient (Wildman–Crippen LogP) is 1.86. The van der Waals surface area contributed by atoms with E-state index in [1.54, 1.807) is 50.3 Å². The number of anilines is 1. The number of carboxylic acids is 1. The molecule has 1 aromatic rings. The van der Waals surface area contributed by atoms with Crippen LogP contribution in [0.3, 0.4) is 0 Å². The van der Waals surface area contributed by atoms with Gasteiger partial charge in [-0.05, 0) is 31.5 Å². The van der Waals surface area contributed by atoms with Crippen LogP contribution in [0.4, 0.5) is 5.69 Å². The highest BCUT2D eigenvalue weighted by atomic mass is 16.4. The number of hydrogen-bond donors (Lipinski definition) is 2. The summed E-state index contributed by atoms with van der Waals surface area (Å²) in [6.07, 6.45) is 0. The molecule has 6 heteroatoms. The summed E-state index contributed by atoms with van der Waals surface area (Å²) < 4.78 is 0. The van der Waals surface area contributed by atoms with E-state index in [0.29, 0.717) is 11.3 Å². The summed E-state index contributed by atoms with van der Waals surface area (Å²) in [6, 6.07) is 9.83. The minimum atomic E-state index is -0.980. The van der Waals surface area contributed by atoms with Gasteiger partial charge in [-0.2, -0.15) is 15.6 Å². The van der Waals surface area contributed by atoms with Crippen LogP contribution < -0.4 is 5.43 Å². The van der Waals surface area contributed by atoms with E-state index in [1.165, 1.54) is 0 Å². The molecule has 0 bridgehead atoms. The lowest BCUT2D eigenvalue weighted by Gasteiger charge is -2.19. The minimum absolute atomic E-state index is 0.282. The number of rotatable bonds is 4. The number of hydrogen-bond acceptors (Lipinski definition) is 5. The molecule has 0 radical (unpaired) electrons. The van der Waals surface area contributed by atoms with Gasteiger partial charge in [0.25, 0.3) is 0 Å². The van der Waals surface area contributed by atoms with E-state index >= 15 is 0 Å². The van der Waals surface area contributed by atoms with Gasteiger partial charge in [0.1, 0.15) is 12.1 Å². The molecule has 0 fully saturated rings. The Labute approximate surface area is 110 Å². The zero-order chi connectivity index (χ0) is 14.5. The van der Waals surface area contributed by atoms with Gasteiger partial charge in [0.2, 0.25) is 5.71 Å². The van der Waals surface area contributed by atoms with Gasteiger partial charge in [-0.25, -0.2) is 0 Å². The molecule has 0 unspecified atom stereocenters. The molecule has 0 aliphatic heterocycles. The Kier molecular flexibility index (Phi) is 4.23. The molecule has 1 aromatic carbocycles. The van der Waals surface area contributed by atoms with Crippen LogP contribution in [0.5, 0.6) is 0 Å². The SMILES string of the molecule is CC(C)(C(=O)O)c1ccc(NN=C(C#N)C#N)cc1. The van der Waals surface area contributed by atoms with Gasteiger partial charge < -0.3 is 5.11 Å². The van der Waals surface area contributed by atoms with Gasteiger partial charge in [0.05, 0.1) is 11.1 Å². The van der Waals surface area contributed by atoms with Crippen molar-refractivity contribution in [1.82, 2.24) is 0 Å². The Bertz CT molecular complexity index is 573. The van der Waals surface area contributed by atoms with Crippen molar-refractivity contribution in [2.75, 3.05) is 5.43 Å². The van der Waals surface area contributed by atoms with E-state index < -0.39 is 11.4 Å². The molecule has 0 atom stereocenters. The highest BCUT2D eigenvalue weighted by Crippen LogP contribution is 2.24. The van der Waals surface area contributed by atoms with Crippen LogP contribution in [0.2, 0.25) is 0 Å². The molecule has 1 rings (SSSR count). The summed E-state index contributed by atoms with van der Waals surface area (Å²) in [5.41, 5.74) is 2.50. The molecule has 0 spiro atoms. The fraction of sp³-hybridized carbons (Fsp3) is 0.231. The van der Waals surface area contributed by atoms with E-state index in [2.05, 4.69) is 10.5 Å². The third-order valence-electron chi connectivity index (χ3n) is 2.65. The van der Waals surface area contributed by atoms with E-state index in [1.807, 2.05) is 0 Å². The molecular weight excluding hydrogens is 244 g/mol. The van der Waals surface area contributed by atoms with Crippen molar-refractivity contribution in [2.24, 2.45) is 5.10 Å². The first-order valence-electron chi connectivity index (χ1n) is 5.39. The summed E-state index contributed by atoms with van der Waals surface area (Å²) in [5.74, 6) is -0.914. The second-order valence-corrected chi connectivity index (χ2v) is 4.30. The maximum absolute atomic E-state index is 11.1. The van der Waals surface area contributed by atoms with E-state index in [4.69, 9.17) is 15.6 Å². The van der Waals surface area contributed by atoms with Crippen molar-refractivity contribution in [2.45, 2.75) is 19.3 Å². The number of hydrazone groups is 1. The van der Waals surface area contributed by atoms with Gasteiger partial charge in [-0.15, -0.1) is 0 Å². The maximum atomic E-state index is 11.1. The average molecular weight is 256 g/mol. The van der Waals surface area contributed by atoms with Crippen LogP contribution in [-0.2, 0) is 10.2 Å². The summed E-state index contributed by atoms with van der Waals surface area (Å²) in [4.78, 5) is 11.1. The molecule has 0 saturated heterocycles. The number of nitrogens with one attached hydrogen (secondary N) is 1. The van der Waals surface area contributed by atoms with Crippen LogP contribution in [0.25, 0.3) is 0 Å². The molecule has 0 amide bonds. The van der Waals surface area contributed by atoms with Gasteiger partial charge in [0.15, 0.2) is 0 Å². The Morgan fingerprint density at radius 1 is 1.26 bits per heavy atom. The quantitative estimate of drug-likeness (QED) is 0.631. The van der Waals surface area contributed by atoms with Gasteiger partial charge in [0, 0.05) is 0 Å². The van der Waals surface area contributed by atoms with Crippen molar-refractivity contribution in [3.63, 3.8) is 0 Å². The predicted molar refractivity (Wildman–Crippen MR) is 69.4 cm³/mol. The molecular formula is C13H12N4O2. The highest BCUT2D eigenvalue weighted by Gasteiger charge is 2.29. The molecule has 2 N–H and O–H groups in total. The third-order valence-corrected chi connectivity index (χ3v) is 2.65. The summed E-state index contributed by atoms with van der Waals surface area (Å²) >= 11 is 0. The second-order valence-electron chi connectivity index (χ2n) is 4.30. The molecule has 6 nitrogen and oxygen atoms in total. The van der Waals surface area contributed by atoms with Crippen molar-refractivity contribution in [3.8, 4) is 12.1 Å². The first kappa shape index (κ1) is 14.2. The molecule has 0 aliphatic rings. The van der Waals surface area contributed by atoms with Crippen LogP contribution in [0.1, 0.15) is 19.4 Å².